The van der Waals surface area contributed by atoms with Gasteiger partial charge in [0.15, 0.2) is 0 Å². The Balaban J connectivity index is 1.63. The number of carbonyl (C=O) groups is 1. The number of carbonyl (C=O) groups excluding carboxylic acids is 1. The summed E-state index contributed by atoms with van der Waals surface area (Å²) < 4.78 is 7.62. The first-order valence-electron chi connectivity index (χ1n) is 7.63. The number of amides is 1. The van der Waals surface area contributed by atoms with Crippen LogP contribution < -0.4 is 0 Å². The Bertz CT molecular complexity index is 477. The van der Waals surface area contributed by atoms with Crippen LogP contribution >= 0.6 is 0 Å². The number of hydrogen-bond donors (Lipinski definition) is 0. The number of hydrogen-bond acceptors (Lipinski definition) is 3. The summed E-state index contributed by atoms with van der Waals surface area (Å²) in [5, 5.41) is 4.30. The van der Waals surface area contributed by atoms with Crippen molar-refractivity contribution >= 4 is 5.91 Å². The third kappa shape index (κ3) is 2.87. The van der Waals surface area contributed by atoms with Gasteiger partial charge in [0.2, 0.25) is 5.91 Å². The van der Waals surface area contributed by atoms with Crippen LogP contribution in [-0.2, 0) is 29.5 Å². The van der Waals surface area contributed by atoms with E-state index in [1.165, 1.54) is 17.7 Å². The van der Waals surface area contributed by atoms with E-state index in [2.05, 4.69) is 5.10 Å². The molecule has 0 radical (unpaired) electrons. The van der Waals surface area contributed by atoms with Crippen LogP contribution in [0.3, 0.4) is 0 Å². The van der Waals surface area contributed by atoms with E-state index in [4.69, 9.17) is 4.74 Å². The molecule has 5 nitrogen and oxygen atoms in total. The van der Waals surface area contributed by atoms with Crippen LogP contribution in [0.5, 0.6) is 0 Å². The zero-order valence-electron chi connectivity index (χ0n) is 12.2. The molecule has 1 aromatic rings. The summed E-state index contributed by atoms with van der Waals surface area (Å²) >= 11 is 0. The second kappa shape index (κ2) is 5.95. The molecule has 2 aliphatic heterocycles. The van der Waals surface area contributed by atoms with Gasteiger partial charge in [0, 0.05) is 38.0 Å². The van der Waals surface area contributed by atoms with Crippen molar-refractivity contribution in [1.29, 1.82) is 0 Å². The minimum Gasteiger partial charge on any atom is -0.378 e. The van der Waals surface area contributed by atoms with Crippen LogP contribution in [0.25, 0.3) is 0 Å². The highest BCUT2D eigenvalue weighted by molar-refractivity contribution is 5.76. The molecule has 0 aromatic carbocycles. The summed E-state index contributed by atoms with van der Waals surface area (Å²) in [5.74, 6) is 0.230. The van der Waals surface area contributed by atoms with Gasteiger partial charge in [-0.1, -0.05) is 0 Å². The number of aryl methyl sites for hydroxylation is 1. The number of aromatic nitrogens is 2. The first kappa shape index (κ1) is 13.6. The van der Waals surface area contributed by atoms with Crippen LogP contribution in [0.15, 0.2) is 6.20 Å². The maximum Gasteiger partial charge on any atom is 0.225 e. The smallest absolute Gasteiger partial charge is 0.225 e. The fourth-order valence-electron chi connectivity index (χ4n) is 3.19. The average molecular weight is 277 g/mol. The van der Waals surface area contributed by atoms with Crippen molar-refractivity contribution < 1.29 is 9.53 Å². The van der Waals surface area contributed by atoms with E-state index in [0.29, 0.717) is 13.0 Å². The monoisotopic (exact) mass is 277 g/mol. The number of rotatable bonds is 2. The molecular weight excluding hydrogens is 254 g/mol. The molecule has 0 saturated carbocycles. The lowest BCUT2D eigenvalue weighted by Crippen LogP contribution is -2.34. The predicted octanol–water partition coefficient (Wildman–Crippen LogP) is 1.65. The normalized spacial score (nSPS) is 23.2. The van der Waals surface area contributed by atoms with Crippen molar-refractivity contribution in [3.63, 3.8) is 0 Å². The Morgan fingerprint density at radius 2 is 2.35 bits per heavy atom. The Kier molecular flexibility index (Phi) is 4.05. The molecule has 1 unspecified atom stereocenters. The molecule has 5 heteroatoms. The highest BCUT2D eigenvalue weighted by Crippen LogP contribution is 2.21. The van der Waals surface area contributed by atoms with Crippen LogP contribution in [0.1, 0.15) is 43.4 Å². The lowest BCUT2D eigenvalue weighted by molar-refractivity contribution is -0.135. The van der Waals surface area contributed by atoms with Crippen molar-refractivity contribution in [3.05, 3.63) is 17.5 Å². The van der Waals surface area contributed by atoms with Gasteiger partial charge in [-0.15, -0.1) is 0 Å². The zero-order chi connectivity index (χ0) is 13.9. The standard InChI is InChI=1S/C15H23N3O2/c1-17-14-6-4-7-18(11-12(14)10-16-17)15(19)9-13-5-2-3-8-20-13/h10,13H,2-9,11H2,1H3. The van der Waals surface area contributed by atoms with E-state index in [9.17, 15) is 4.79 Å². The number of ether oxygens (including phenoxy) is 1. The van der Waals surface area contributed by atoms with E-state index in [1.54, 1.807) is 0 Å². The fraction of sp³-hybridized carbons (Fsp3) is 0.733. The van der Waals surface area contributed by atoms with E-state index < -0.39 is 0 Å². The molecule has 3 rings (SSSR count). The van der Waals surface area contributed by atoms with Gasteiger partial charge in [0.25, 0.3) is 0 Å². The average Bonchev–Trinajstić information content (AvgIpc) is 2.69. The van der Waals surface area contributed by atoms with Gasteiger partial charge in [0.1, 0.15) is 0 Å². The van der Waals surface area contributed by atoms with Crippen LogP contribution in [-0.4, -0.2) is 39.8 Å². The molecule has 0 aliphatic carbocycles. The highest BCUT2D eigenvalue weighted by Gasteiger charge is 2.24. The molecule has 1 fully saturated rings. The highest BCUT2D eigenvalue weighted by atomic mass is 16.5. The SMILES string of the molecule is Cn1ncc2c1CCCN(C(=O)CC1CCCCO1)C2. The van der Waals surface area contributed by atoms with Crippen molar-refractivity contribution in [2.24, 2.45) is 7.05 Å². The molecule has 3 heterocycles. The van der Waals surface area contributed by atoms with Gasteiger partial charge in [-0.2, -0.15) is 5.10 Å². The summed E-state index contributed by atoms with van der Waals surface area (Å²) in [4.78, 5) is 14.4. The molecule has 1 amide bonds. The van der Waals surface area contributed by atoms with Gasteiger partial charge in [-0.05, 0) is 32.1 Å². The third-order valence-electron chi connectivity index (χ3n) is 4.38. The van der Waals surface area contributed by atoms with Gasteiger partial charge in [-0.25, -0.2) is 0 Å². The minimum absolute atomic E-state index is 0.132. The molecular formula is C15H23N3O2. The number of nitrogens with zero attached hydrogens (tertiary/aromatic N) is 3. The van der Waals surface area contributed by atoms with E-state index in [1.807, 2.05) is 22.8 Å². The molecule has 2 aliphatic rings. The van der Waals surface area contributed by atoms with E-state index in [-0.39, 0.29) is 12.0 Å². The second-order valence-electron chi connectivity index (χ2n) is 5.85. The molecule has 1 atom stereocenters. The van der Waals surface area contributed by atoms with Gasteiger partial charge < -0.3 is 9.64 Å². The lowest BCUT2D eigenvalue weighted by Gasteiger charge is -2.26. The summed E-state index contributed by atoms with van der Waals surface area (Å²) in [5.41, 5.74) is 2.47. The molecule has 1 saturated heterocycles. The summed E-state index contributed by atoms with van der Waals surface area (Å²) in [6.07, 6.45) is 7.94. The fourth-order valence-corrected chi connectivity index (χ4v) is 3.19. The van der Waals surface area contributed by atoms with Crippen LogP contribution in [0.4, 0.5) is 0 Å². The van der Waals surface area contributed by atoms with Gasteiger partial charge in [-0.3, -0.25) is 9.48 Å². The van der Waals surface area contributed by atoms with Crippen LogP contribution in [0, 0.1) is 0 Å². The number of fused-ring (bicyclic) bond motifs is 1. The van der Waals surface area contributed by atoms with E-state index in [0.717, 1.165) is 38.8 Å². The molecule has 20 heavy (non-hydrogen) atoms. The maximum absolute atomic E-state index is 12.5. The minimum atomic E-state index is 0.132. The largest absolute Gasteiger partial charge is 0.378 e. The van der Waals surface area contributed by atoms with Crippen molar-refractivity contribution in [3.8, 4) is 0 Å². The third-order valence-corrected chi connectivity index (χ3v) is 4.38. The Morgan fingerprint density at radius 3 is 3.15 bits per heavy atom. The van der Waals surface area contributed by atoms with Crippen molar-refractivity contribution in [2.45, 2.75) is 51.2 Å². The first-order valence-corrected chi connectivity index (χ1v) is 7.63. The topological polar surface area (TPSA) is 47.4 Å². The Morgan fingerprint density at radius 1 is 1.45 bits per heavy atom. The summed E-state index contributed by atoms with van der Waals surface area (Å²) in [6, 6.07) is 0. The first-order chi connectivity index (χ1) is 9.74. The summed E-state index contributed by atoms with van der Waals surface area (Å²) in [6.45, 7) is 2.36. The molecule has 110 valence electrons. The summed E-state index contributed by atoms with van der Waals surface area (Å²) in [7, 11) is 1.98. The van der Waals surface area contributed by atoms with E-state index >= 15 is 0 Å². The Hall–Kier alpha value is -1.36. The zero-order valence-corrected chi connectivity index (χ0v) is 12.2. The second-order valence-corrected chi connectivity index (χ2v) is 5.85. The predicted molar refractivity (Wildman–Crippen MR) is 75.2 cm³/mol. The molecule has 0 spiro atoms. The maximum atomic E-state index is 12.5. The Labute approximate surface area is 119 Å². The van der Waals surface area contributed by atoms with Crippen molar-refractivity contribution in [1.82, 2.24) is 14.7 Å². The quantitative estimate of drug-likeness (QED) is 0.826. The molecule has 1 aromatic heterocycles. The van der Waals surface area contributed by atoms with Gasteiger partial charge in [0.05, 0.1) is 18.7 Å². The van der Waals surface area contributed by atoms with Crippen molar-refractivity contribution in [2.75, 3.05) is 13.2 Å². The lowest BCUT2D eigenvalue weighted by atomic mass is 10.1. The van der Waals surface area contributed by atoms with Crippen LogP contribution in [0.2, 0.25) is 0 Å². The molecule has 0 bridgehead atoms. The molecule has 0 N–H and O–H groups in total. The van der Waals surface area contributed by atoms with Gasteiger partial charge >= 0.3 is 0 Å².